The van der Waals surface area contributed by atoms with E-state index in [9.17, 15) is 10.1 Å². The van der Waals surface area contributed by atoms with Crippen LogP contribution in [0.1, 0.15) is 6.92 Å². The van der Waals surface area contributed by atoms with Crippen molar-refractivity contribution in [1.29, 1.82) is 0 Å². The van der Waals surface area contributed by atoms with Crippen LogP contribution in [0, 0.1) is 10.1 Å². The van der Waals surface area contributed by atoms with Crippen LogP contribution in [-0.4, -0.2) is 21.5 Å². The number of rotatable bonds is 7. The molecule has 2 N–H and O–H groups in total. The second kappa shape index (κ2) is 8.73. The predicted octanol–water partition coefficient (Wildman–Crippen LogP) is 5.58. The molecule has 0 spiro atoms. The molecule has 0 aliphatic carbocycles. The Morgan fingerprint density at radius 2 is 1.75 bits per heavy atom. The molecule has 1 aromatic heterocycles. The predicted molar refractivity (Wildman–Crippen MR) is 109 cm³/mol. The Labute approximate surface area is 170 Å². The first-order valence-corrected chi connectivity index (χ1v) is 8.95. The Bertz CT molecular complexity index is 999. The van der Waals surface area contributed by atoms with Crippen molar-refractivity contribution in [2.75, 3.05) is 17.2 Å². The van der Waals surface area contributed by atoms with Gasteiger partial charge in [0.15, 0.2) is 0 Å². The van der Waals surface area contributed by atoms with E-state index in [0.29, 0.717) is 33.8 Å². The minimum Gasteiger partial charge on any atom is -0.494 e. The molecule has 0 atom stereocenters. The lowest BCUT2D eigenvalue weighted by atomic mass is 10.3. The van der Waals surface area contributed by atoms with Crippen molar-refractivity contribution in [3.63, 3.8) is 0 Å². The number of nitrogens with zero attached hydrogens (tertiary/aromatic N) is 3. The second-order valence-electron chi connectivity index (χ2n) is 5.51. The highest BCUT2D eigenvalue weighted by atomic mass is 35.5. The fourth-order valence-electron chi connectivity index (χ4n) is 2.39. The van der Waals surface area contributed by atoms with Crippen LogP contribution < -0.4 is 15.4 Å². The van der Waals surface area contributed by atoms with Crippen molar-refractivity contribution in [3.05, 3.63) is 69.0 Å². The Hall–Kier alpha value is -3.10. The Balaban J connectivity index is 1.92. The molecule has 144 valence electrons. The molecule has 0 unspecified atom stereocenters. The van der Waals surface area contributed by atoms with E-state index < -0.39 is 4.92 Å². The van der Waals surface area contributed by atoms with E-state index in [2.05, 4.69) is 20.6 Å². The highest BCUT2D eigenvalue weighted by Gasteiger charge is 2.24. The molecule has 0 radical (unpaired) electrons. The topological polar surface area (TPSA) is 102 Å². The van der Waals surface area contributed by atoms with Crippen molar-refractivity contribution >= 4 is 51.9 Å². The minimum atomic E-state index is -0.566. The summed E-state index contributed by atoms with van der Waals surface area (Å²) >= 11 is 12.0. The largest absolute Gasteiger partial charge is 0.494 e. The average molecular weight is 420 g/mol. The van der Waals surface area contributed by atoms with Gasteiger partial charge in [0, 0.05) is 10.7 Å². The fourth-order valence-corrected chi connectivity index (χ4v) is 2.85. The number of halogens is 2. The normalized spacial score (nSPS) is 10.4. The van der Waals surface area contributed by atoms with Crippen LogP contribution in [-0.2, 0) is 0 Å². The third-order valence-corrected chi connectivity index (χ3v) is 4.16. The molecule has 2 aromatic carbocycles. The second-order valence-corrected chi connectivity index (χ2v) is 6.35. The van der Waals surface area contributed by atoms with Crippen molar-refractivity contribution < 1.29 is 9.66 Å². The SMILES string of the molecule is CCOc1ccc(Nc2ncnc(Nc3ccc(Cl)cc3Cl)c2[N+](=O)[O-])cc1. The molecule has 8 nitrogen and oxygen atoms in total. The van der Waals surface area contributed by atoms with Crippen LogP contribution in [0.3, 0.4) is 0 Å². The van der Waals surface area contributed by atoms with E-state index in [4.69, 9.17) is 27.9 Å². The van der Waals surface area contributed by atoms with E-state index in [1.165, 1.54) is 12.4 Å². The molecule has 0 fully saturated rings. The summed E-state index contributed by atoms with van der Waals surface area (Å²) in [4.78, 5) is 19.1. The zero-order chi connectivity index (χ0) is 20.1. The van der Waals surface area contributed by atoms with Gasteiger partial charge in [0.25, 0.3) is 0 Å². The molecule has 3 rings (SSSR count). The number of hydrogen-bond acceptors (Lipinski definition) is 7. The number of nitrogens with one attached hydrogen (secondary N) is 2. The van der Waals surface area contributed by atoms with Gasteiger partial charge in [-0.3, -0.25) is 10.1 Å². The van der Waals surface area contributed by atoms with Crippen molar-refractivity contribution in [3.8, 4) is 5.75 Å². The highest BCUT2D eigenvalue weighted by molar-refractivity contribution is 6.36. The number of aromatic nitrogens is 2. The van der Waals surface area contributed by atoms with E-state index in [-0.39, 0.29) is 17.3 Å². The highest BCUT2D eigenvalue weighted by Crippen LogP contribution is 2.35. The lowest BCUT2D eigenvalue weighted by molar-refractivity contribution is -0.383. The molecule has 10 heteroatoms. The Morgan fingerprint density at radius 3 is 2.36 bits per heavy atom. The van der Waals surface area contributed by atoms with Crippen LogP contribution in [0.25, 0.3) is 0 Å². The molecular weight excluding hydrogens is 405 g/mol. The van der Waals surface area contributed by atoms with Gasteiger partial charge in [0.2, 0.25) is 11.6 Å². The number of ether oxygens (including phenoxy) is 1. The molecule has 0 aliphatic rings. The molecular formula is C18H15Cl2N5O3. The van der Waals surface area contributed by atoms with Gasteiger partial charge in [0.05, 0.1) is 22.2 Å². The summed E-state index contributed by atoms with van der Waals surface area (Å²) in [5.41, 5.74) is 0.725. The van der Waals surface area contributed by atoms with Gasteiger partial charge in [-0.1, -0.05) is 23.2 Å². The van der Waals surface area contributed by atoms with Crippen LogP contribution in [0.4, 0.5) is 28.7 Å². The number of nitro groups is 1. The van der Waals surface area contributed by atoms with Crippen LogP contribution >= 0.6 is 23.2 Å². The first-order valence-electron chi connectivity index (χ1n) is 8.19. The summed E-state index contributed by atoms with van der Waals surface area (Å²) in [6.07, 6.45) is 1.22. The van der Waals surface area contributed by atoms with Crippen molar-refractivity contribution in [2.45, 2.75) is 6.92 Å². The molecule has 1 heterocycles. The minimum absolute atomic E-state index is 0.00217. The third-order valence-electron chi connectivity index (χ3n) is 3.62. The zero-order valence-corrected chi connectivity index (χ0v) is 16.2. The average Bonchev–Trinajstić information content (AvgIpc) is 2.66. The van der Waals surface area contributed by atoms with Gasteiger partial charge >= 0.3 is 5.69 Å². The van der Waals surface area contributed by atoms with E-state index in [1.54, 1.807) is 36.4 Å². The van der Waals surface area contributed by atoms with Crippen LogP contribution in [0.15, 0.2) is 48.8 Å². The van der Waals surface area contributed by atoms with Crippen LogP contribution in [0.5, 0.6) is 5.75 Å². The summed E-state index contributed by atoms with van der Waals surface area (Å²) in [7, 11) is 0. The van der Waals surface area contributed by atoms with Crippen molar-refractivity contribution in [1.82, 2.24) is 9.97 Å². The number of benzene rings is 2. The lowest BCUT2D eigenvalue weighted by Gasteiger charge is -2.11. The summed E-state index contributed by atoms with van der Waals surface area (Å²) in [6.45, 7) is 2.43. The molecule has 3 aromatic rings. The quantitative estimate of drug-likeness (QED) is 0.380. The first kappa shape index (κ1) is 19.7. The Morgan fingerprint density at radius 1 is 1.07 bits per heavy atom. The molecule has 0 saturated carbocycles. The lowest BCUT2D eigenvalue weighted by Crippen LogP contribution is -2.05. The van der Waals surface area contributed by atoms with E-state index in [1.807, 2.05) is 6.92 Å². The number of hydrogen-bond donors (Lipinski definition) is 2. The maximum atomic E-state index is 11.7. The van der Waals surface area contributed by atoms with Gasteiger partial charge in [-0.15, -0.1) is 0 Å². The summed E-state index contributed by atoms with van der Waals surface area (Å²) in [5.74, 6) is 0.736. The third kappa shape index (κ3) is 4.59. The fraction of sp³-hybridized carbons (Fsp3) is 0.111. The molecule has 0 saturated heterocycles. The van der Waals surface area contributed by atoms with Gasteiger partial charge in [-0.25, -0.2) is 9.97 Å². The van der Waals surface area contributed by atoms with Gasteiger partial charge in [-0.05, 0) is 49.4 Å². The zero-order valence-electron chi connectivity index (χ0n) is 14.6. The molecule has 28 heavy (non-hydrogen) atoms. The van der Waals surface area contributed by atoms with Crippen molar-refractivity contribution in [2.24, 2.45) is 0 Å². The molecule has 0 aliphatic heterocycles. The standard InChI is InChI=1S/C18H15Cl2N5O3/c1-2-28-13-6-4-12(5-7-13)23-17-16(25(26)27)18(22-10-21-17)24-15-8-3-11(19)9-14(15)20/h3-10H,2H2,1H3,(H2,21,22,23,24). The van der Waals surface area contributed by atoms with Gasteiger partial charge in [-0.2, -0.15) is 0 Å². The number of anilines is 4. The summed E-state index contributed by atoms with van der Waals surface area (Å²) in [5, 5.41) is 18.2. The molecule has 0 bridgehead atoms. The van der Waals surface area contributed by atoms with E-state index in [0.717, 1.165) is 0 Å². The molecule has 0 amide bonds. The van der Waals surface area contributed by atoms with E-state index >= 15 is 0 Å². The summed E-state index contributed by atoms with van der Waals surface area (Å²) in [6, 6.07) is 11.7. The smallest absolute Gasteiger partial charge is 0.353 e. The maximum Gasteiger partial charge on any atom is 0.353 e. The first-order chi connectivity index (χ1) is 13.5. The summed E-state index contributed by atoms with van der Waals surface area (Å²) < 4.78 is 5.38. The van der Waals surface area contributed by atoms with Crippen LogP contribution in [0.2, 0.25) is 10.0 Å². The maximum absolute atomic E-state index is 11.7. The van der Waals surface area contributed by atoms with Gasteiger partial charge < -0.3 is 15.4 Å². The Kier molecular flexibility index (Phi) is 6.13. The monoisotopic (exact) mass is 419 g/mol. The van der Waals surface area contributed by atoms with Gasteiger partial charge in [0.1, 0.15) is 12.1 Å².